The largest absolute Gasteiger partial charge is 0.352 e. The first-order valence-electron chi connectivity index (χ1n) is 9.45. The second-order valence-electron chi connectivity index (χ2n) is 7.22. The lowest BCUT2D eigenvalue weighted by atomic mass is 10.1. The van der Waals surface area contributed by atoms with Gasteiger partial charge in [-0.1, -0.05) is 60.7 Å². The molecule has 0 saturated heterocycles. The Hall–Kier alpha value is -3.14. The maximum atomic E-state index is 4.96. The number of hydrogen-bond acceptors (Lipinski definition) is 3. The normalized spacial score (nSPS) is 13.3. The molecule has 0 fully saturated rings. The Balaban J connectivity index is 1.69. The molecule has 1 aliphatic heterocycles. The third kappa shape index (κ3) is 2.60. The van der Waals surface area contributed by atoms with Crippen molar-refractivity contribution >= 4 is 11.5 Å². The third-order valence-corrected chi connectivity index (χ3v) is 5.43. The molecule has 0 atom stereocenters. The van der Waals surface area contributed by atoms with Gasteiger partial charge in [-0.25, -0.2) is 4.98 Å². The third-order valence-electron chi connectivity index (χ3n) is 5.43. The Morgan fingerprint density at radius 3 is 2.33 bits per heavy atom. The van der Waals surface area contributed by atoms with Crippen molar-refractivity contribution in [2.75, 3.05) is 11.4 Å². The first-order valence-corrected chi connectivity index (χ1v) is 9.45. The minimum absolute atomic E-state index is 0.895. The SMILES string of the molecule is Cc1nc2c(-c3ccccc3)c(C)nn2c2c1CCN2Cc1ccccc1. The lowest BCUT2D eigenvalue weighted by Crippen LogP contribution is -2.22. The predicted molar refractivity (Wildman–Crippen MR) is 109 cm³/mol. The average Bonchev–Trinajstić information content (AvgIpc) is 3.24. The lowest BCUT2D eigenvalue weighted by molar-refractivity contribution is 0.795. The zero-order valence-corrected chi connectivity index (χ0v) is 15.7. The van der Waals surface area contributed by atoms with E-state index in [9.17, 15) is 0 Å². The van der Waals surface area contributed by atoms with Crippen LogP contribution in [0.5, 0.6) is 0 Å². The number of nitrogens with zero attached hydrogens (tertiary/aromatic N) is 4. The number of aryl methyl sites for hydroxylation is 2. The van der Waals surface area contributed by atoms with Crippen LogP contribution in [-0.4, -0.2) is 21.1 Å². The molecule has 5 rings (SSSR count). The smallest absolute Gasteiger partial charge is 0.165 e. The van der Waals surface area contributed by atoms with Crippen LogP contribution in [0.3, 0.4) is 0 Å². The molecule has 134 valence electrons. The maximum Gasteiger partial charge on any atom is 0.165 e. The summed E-state index contributed by atoms with van der Waals surface area (Å²) in [6.45, 7) is 6.11. The van der Waals surface area contributed by atoms with Crippen LogP contribution in [0.25, 0.3) is 16.8 Å². The summed E-state index contributed by atoms with van der Waals surface area (Å²) in [7, 11) is 0. The number of rotatable bonds is 3. The summed E-state index contributed by atoms with van der Waals surface area (Å²) < 4.78 is 2.07. The van der Waals surface area contributed by atoms with Gasteiger partial charge in [0.05, 0.1) is 5.69 Å². The van der Waals surface area contributed by atoms with Crippen LogP contribution < -0.4 is 4.90 Å². The highest BCUT2D eigenvalue weighted by atomic mass is 15.4. The molecule has 1 aliphatic rings. The van der Waals surface area contributed by atoms with Crippen LogP contribution in [0.4, 0.5) is 5.82 Å². The van der Waals surface area contributed by atoms with Crippen molar-refractivity contribution in [2.45, 2.75) is 26.8 Å². The van der Waals surface area contributed by atoms with Crippen molar-refractivity contribution in [2.24, 2.45) is 0 Å². The predicted octanol–water partition coefficient (Wildman–Crippen LogP) is 4.58. The molecule has 4 aromatic rings. The molecule has 2 aromatic carbocycles. The van der Waals surface area contributed by atoms with Gasteiger partial charge in [-0.2, -0.15) is 9.61 Å². The quantitative estimate of drug-likeness (QED) is 0.540. The van der Waals surface area contributed by atoms with Crippen molar-refractivity contribution in [1.82, 2.24) is 14.6 Å². The van der Waals surface area contributed by atoms with E-state index >= 15 is 0 Å². The fraction of sp³-hybridized carbons (Fsp3) is 0.217. The number of benzene rings is 2. The molecule has 27 heavy (non-hydrogen) atoms. The molecule has 0 radical (unpaired) electrons. The molecule has 4 nitrogen and oxygen atoms in total. The molecule has 0 spiro atoms. The summed E-state index contributed by atoms with van der Waals surface area (Å²) in [4.78, 5) is 7.40. The van der Waals surface area contributed by atoms with Crippen molar-refractivity contribution in [3.8, 4) is 11.1 Å². The molecule has 0 bridgehead atoms. The van der Waals surface area contributed by atoms with Gasteiger partial charge < -0.3 is 4.90 Å². The zero-order chi connectivity index (χ0) is 18.4. The Morgan fingerprint density at radius 1 is 0.889 bits per heavy atom. The van der Waals surface area contributed by atoms with Crippen LogP contribution in [0.1, 0.15) is 22.5 Å². The van der Waals surface area contributed by atoms with E-state index in [0.717, 1.165) is 42.1 Å². The molecule has 0 amide bonds. The number of aromatic nitrogens is 3. The molecule has 0 aliphatic carbocycles. The van der Waals surface area contributed by atoms with Crippen LogP contribution >= 0.6 is 0 Å². The van der Waals surface area contributed by atoms with Gasteiger partial charge in [0.15, 0.2) is 5.65 Å². The summed E-state index contributed by atoms with van der Waals surface area (Å²) in [5.41, 5.74) is 8.03. The van der Waals surface area contributed by atoms with E-state index in [4.69, 9.17) is 10.1 Å². The van der Waals surface area contributed by atoms with Crippen LogP contribution in [0.2, 0.25) is 0 Å². The second-order valence-corrected chi connectivity index (χ2v) is 7.22. The standard InChI is InChI=1S/C23H22N4/c1-16-20-13-14-26(15-18-9-5-3-6-10-18)23(20)27-22(24-16)21(17(2)25-27)19-11-7-4-8-12-19/h3-12H,13-15H2,1-2H3. The van der Waals surface area contributed by atoms with Crippen molar-refractivity contribution in [3.63, 3.8) is 0 Å². The molecule has 0 N–H and O–H groups in total. The Kier molecular flexibility index (Phi) is 3.71. The van der Waals surface area contributed by atoms with Crippen molar-refractivity contribution < 1.29 is 0 Å². The summed E-state index contributed by atoms with van der Waals surface area (Å²) in [5.74, 6) is 1.20. The minimum Gasteiger partial charge on any atom is -0.352 e. The molecule has 3 heterocycles. The molecule has 4 heteroatoms. The first kappa shape index (κ1) is 16.1. The molecular formula is C23H22N4. The van der Waals surface area contributed by atoms with E-state index in [2.05, 4.69) is 77.9 Å². The van der Waals surface area contributed by atoms with Crippen LogP contribution in [0, 0.1) is 13.8 Å². The van der Waals surface area contributed by atoms with Gasteiger partial charge in [0.1, 0.15) is 5.82 Å². The minimum atomic E-state index is 0.895. The van der Waals surface area contributed by atoms with E-state index in [0.29, 0.717) is 0 Å². The maximum absolute atomic E-state index is 4.96. The second kappa shape index (κ2) is 6.23. The van der Waals surface area contributed by atoms with E-state index in [1.165, 1.54) is 22.5 Å². The van der Waals surface area contributed by atoms with Gasteiger partial charge in [-0.3, -0.25) is 0 Å². The fourth-order valence-electron chi connectivity index (χ4n) is 4.15. The summed E-state index contributed by atoms with van der Waals surface area (Å²) in [5, 5.41) is 4.91. The van der Waals surface area contributed by atoms with Gasteiger partial charge in [0.25, 0.3) is 0 Å². The molecule has 2 aromatic heterocycles. The highest BCUT2D eigenvalue weighted by Gasteiger charge is 2.27. The topological polar surface area (TPSA) is 33.4 Å². The fourth-order valence-corrected chi connectivity index (χ4v) is 4.15. The number of hydrogen-bond donors (Lipinski definition) is 0. The van der Waals surface area contributed by atoms with Crippen LogP contribution in [0.15, 0.2) is 60.7 Å². The average molecular weight is 354 g/mol. The summed E-state index contributed by atoms with van der Waals surface area (Å²) in [6, 6.07) is 21.1. The highest BCUT2D eigenvalue weighted by Crippen LogP contribution is 2.36. The van der Waals surface area contributed by atoms with Crippen molar-refractivity contribution in [1.29, 1.82) is 0 Å². The Bertz CT molecular complexity index is 1110. The molecule has 0 saturated carbocycles. The van der Waals surface area contributed by atoms with E-state index < -0.39 is 0 Å². The van der Waals surface area contributed by atoms with E-state index in [-0.39, 0.29) is 0 Å². The first-order chi connectivity index (χ1) is 13.2. The van der Waals surface area contributed by atoms with Gasteiger partial charge in [0.2, 0.25) is 0 Å². The number of anilines is 1. The summed E-state index contributed by atoms with van der Waals surface area (Å²) >= 11 is 0. The monoisotopic (exact) mass is 354 g/mol. The lowest BCUT2D eigenvalue weighted by Gasteiger charge is -2.20. The Morgan fingerprint density at radius 2 is 1.59 bits per heavy atom. The van der Waals surface area contributed by atoms with Gasteiger partial charge in [0, 0.05) is 29.9 Å². The zero-order valence-electron chi connectivity index (χ0n) is 15.7. The van der Waals surface area contributed by atoms with Gasteiger partial charge in [-0.15, -0.1) is 0 Å². The summed E-state index contributed by atoms with van der Waals surface area (Å²) in [6.07, 6.45) is 1.02. The molecular weight excluding hydrogens is 332 g/mol. The molecule has 0 unspecified atom stereocenters. The van der Waals surface area contributed by atoms with E-state index in [1.54, 1.807) is 0 Å². The van der Waals surface area contributed by atoms with Crippen LogP contribution in [-0.2, 0) is 13.0 Å². The van der Waals surface area contributed by atoms with E-state index in [1.807, 2.05) is 6.07 Å². The van der Waals surface area contributed by atoms with Gasteiger partial charge in [-0.05, 0) is 31.4 Å². The highest BCUT2D eigenvalue weighted by molar-refractivity contribution is 5.81. The van der Waals surface area contributed by atoms with Crippen molar-refractivity contribution in [3.05, 3.63) is 83.2 Å². The van der Waals surface area contributed by atoms with Gasteiger partial charge >= 0.3 is 0 Å². The number of fused-ring (bicyclic) bond motifs is 3. The Labute approximate surface area is 159 Å².